The summed E-state index contributed by atoms with van der Waals surface area (Å²) in [6.45, 7) is 0.504. The van der Waals surface area contributed by atoms with E-state index in [0.29, 0.717) is 19.4 Å². The van der Waals surface area contributed by atoms with Gasteiger partial charge in [0, 0.05) is 5.54 Å². The SMILES string of the molecule is COc1ccc(CCCOc2ccc([C@@H]3CC[C@](N)(COP(=O)(O)O)C3)cc2)cc1. The van der Waals surface area contributed by atoms with Crippen molar-refractivity contribution in [1.82, 2.24) is 0 Å². The summed E-state index contributed by atoms with van der Waals surface area (Å²) in [7, 11) is -2.84. The minimum absolute atomic E-state index is 0.136. The van der Waals surface area contributed by atoms with E-state index < -0.39 is 13.4 Å². The summed E-state index contributed by atoms with van der Waals surface area (Å²) in [5.74, 6) is 1.94. The molecule has 0 aliphatic heterocycles. The predicted molar refractivity (Wildman–Crippen MR) is 115 cm³/mol. The van der Waals surface area contributed by atoms with Gasteiger partial charge in [-0.1, -0.05) is 24.3 Å². The zero-order chi connectivity index (χ0) is 21.6. The van der Waals surface area contributed by atoms with Crippen LogP contribution in [0.5, 0.6) is 11.5 Å². The summed E-state index contributed by atoms with van der Waals surface area (Å²) in [4.78, 5) is 17.8. The van der Waals surface area contributed by atoms with Crippen molar-refractivity contribution in [2.45, 2.75) is 43.6 Å². The number of benzene rings is 2. The van der Waals surface area contributed by atoms with Crippen molar-refractivity contribution in [1.29, 1.82) is 0 Å². The van der Waals surface area contributed by atoms with Gasteiger partial charge in [-0.25, -0.2) is 4.57 Å². The second-order valence-electron chi connectivity index (χ2n) is 7.94. The second kappa shape index (κ2) is 9.94. The fourth-order valence-corrected chi connectivity index (χ4v) is 4.30. The molecule has 0 saturated heterocycles. The van der Waals surface area contributed by atoms with Crippen LogP contribution in [0.25, 0.3) is 0 Å². The third kappa shape index (κ3) is 6.83. The van der Waals surface area contributed by atoms with Crippen LogP contribution >= 0.6 is 7.82 Å². The molecule has 0 spiro atoms. The van der Waals surface area contributed by atoms with E-state index in [0.717, 1.165) is 36.3 Å². The van der Waals surface area contributed by atoms with Gasteiger partial charge in [-0.15, -0.1) is 0 Å². The third-order valence-corrected chi connectivity index (χ3v) is 6.02. The Morgan fingerprint density at radius 1 is 1.10 bits per heavy atom. The van der Waals surface area contributed by atoms with Crippen LogP contribution in [-0.2, 0) is 15.5 Å². The van der Waals surface area contributed by atoms with Gasteiger partial charge in [-0.2, -0.15) is 0 Å². The van der Waals surface area contributed by atoms with Crippen LogP contribution in [0.2, 0.25) is 0 Å². The van der Waals surface area contributed by atoms with Gasteiger partial charge in [-0.05, 0) is 73.4 Å². The smallest absolute Gasteiger partial charge is 0.469 e. The fourth-order valence-electron chi connectivity index (χ4n) is 3.88. The first-order valence-electron chi connectivity index (χ1n) is 10.1. The first kappa shape index (κ1) is 22.8. The Balaban J connectivity index is 1.43. The quantitative estimate of drug-likeness (QED) is 0.385. The molecule has 0 bridgehead atoms. The Kier molecular flexibility index (Phi) is 7.55. The Bertz CT molecular complexity index is 851. The fraction of sp³-hybridized carbons (Fsp3) is 0.455. The molecule has 2 atom stereocenters. The topological polar surface area (TPSA) is 111 Å². The number of ether oxygens (including phenoxy) is 2. The van der Waals surface area contributed by atoms with Gasteiger partial charge in [0.2, 0.25) is 0 Å². The van der Waals surface area contributed by atoms with Crippen molar-refractivity contribution in [2.24, 2.45) is 5.73 Å². The van der Waals surface area contributed by atoms with Gasteiger partial charge in [-0.3, -0.25) is 4.52 Å². The van der Waals surface area contributed by atoms with Crippen molar-refractivity contribution >= 4 is 7.82 Å². The van der Waals surface area contributed by atoms with Crippen LogP contribution in [0, 0.1) is 0 Å². The maximum atomic E-state index is 10.9. The van der Waals surface area contributed by atoms with Crippen molar-refractivity contribution in [3.63, 3.8) is 0 Å². The summed E-state index contributed by atoms with van der Waals surface area (Å²) < 4.78 is 26.6. The molecule has 2 aromatic rings. The summed E-state index contributed by atoms with van der Waals surface area (Å²) in [5, 5.41) is 0. The summed E-state index contributed by atoms with van der Waals surface area (Å²) in [6, 6.07) is 16.1. The highest BCUT2D eigenvalue weighted by Crippen LogP contribution is 2.43. The normalized spacial score (nSPS) is 21.5. The van der Waals surface area contributed by atoms with E-state index >= 15 is 0 Å². The highest BCUT2D eigenvalue weighted by Gasteiger charge is 2.38. The van der Waals surface area contributed by atoms with Gasteiger partial charge < -0.3 is 25.0 Å². The molecule has 3 rings (SSSR count). The van der Waals surface area contributed by atoms with Gasteiger partial charge in [0.1, 0.15) is 11.5 Å². The number of phosphoric acid groups is 1. The molecule has 164 valence electrons. The maximum Gasteiger partial charge on any atom is 0.469 e. The monoisotopic (exact) mass is 435 g/mol. The standard InChI is InChI=1S/C22H30NO6P/c1-27-20-8-4-17(5-9-20)3-2-14-28-21-10-6-18(7-11-21)19-12-13-22(23,15-19)16-29-30(24,25)26/h4-11,19H,2-3,12-16,23H2,1H3,(H2,24,25,26)/t19-,22-/m1/s1. The van der Waals surface area contributed by atoms with E-state index in [2.05, 4.69) is 16.7 Å². The molecule has 30 heavy (non-hydrogen) atoms. The van der Waals surface area contributed by atoms with E-state index in [1.165, 1.54) is 5.56 Å². The Morgan fingerprint density at radius 3 is 2.40 bits per heavy atom. The van der Waals surface area contributed by atoms with E-state index in [1.54, 1.807) is 7.11 Å². The van der Waals surface area contributed by atoms with Crippen molar-refractivity contribution in [2.75, 3.05) is 20.3 Å². The van der Waals surface area contributed by atoms with Crippen LogP contribution in [0.3, 0.4) is 0 Å². The summed E-state index contributed by atoms with van der Waals surface area (Å²) >= 11 is 0. The molecule has 0 unspecified atom stereocenters. The Morgan fingerprint density at radius 2 is 1.77 bits per heavy atom. The minimum Gasteiger partial charge on any atom is -0.497 e. The molecule has 7 nitrogen and oxygen atoms in total. The Labute approximate surface area is 177 Å². The molecule has 0 heterocycles. The number of methoxy groups -OCH3 is 1. The largest absolute Gasteiger partial charge is 0.497 e. The third-order valence-electron chi connectivity index (χ3n) is 5.55. The lowest BCUT2D eigenvalue weighted by molar-refractivity contribution is 0.153. The molecular weight excluding hydrogens is 405 g/mol. The minimum atomic E-state index is -4.50. The van der Waals surface area contributed by atoms with Crippen molar-refractivity contribution in [3.05, 3.63) is 59.7 Å². The van der Waals surface area contributed by atoms with Gasteiger partial charge in [0.15, 0.2) is 0 Å². The molecule has 4 N–H and O–H groups in total. The molecule has 8 heteroatoms. The first-order valence-corrected chi connectivity index (χ1v) is 11.6. The molecule has 1 aliphatic carbocycles. The number of nitrogens with two attached hydrogens (primary N) is 1. The van der Waals surface area contributed by atoms with Gasteiger partial charge in [0.25, 0.3) is 0 Å². The van der Waals surface area contributed by atoms with Crippen LogP contribution in [0.4, 0.5) is 0 Å². The van der Waals surface area contributed by atoms with Crippen molar-refractivity contribution < 1.29 is 28.3 Å². The summed E-state index contributed by atoms with van der Waals surface area (Å²) in [6.07, 6.45) is 4.03. The number of rotatable bonds is 10. The summed E-state index contributed by atoms with van der Waals surface area (Å²) in [5.41, 5.74) is 7.97. The predicted octanol–water partition coefficient (Wildman–Crippen LogP) is 3.78. The van der Waals surface area contributed by atoms with Crippen molar-refractivity contribution in [3.8, 4) is 11.5 Å². The lowest BCUT2D eigenvalue weighted by Crippen LogP contribution is -2.41. The zero-order valence-electron chi connectivity index (χ0n) is 17.2. The van der Waals surface area contributed by atoms with E-state index in [1.807, 2.05) is 36.4 Å². The molecule has 1 fully saturated rings. The first-order chi connectivity index (χ1) is 14.3. The van der Waals surface area contributed by atoms with Crippen LogP contribution < -0.4 is 15.2 Å². The molecule has 0 aromatic heterocycles. The van der Waals surface area contributed by atoms with Gasteiger partial charge >= 0.3 is 7.82 Å². The molecule has 0 radical (unpaired) electrons. The second-order valence-corrected chi connectivity index (χ2v) is 9.17. The maximum absolute atomic E-state index is 10.9. The molecule has 1 aliphatic rings. The average molecular weight is 435 g/mol. The van der Waals surface area contributed by atoms with E-state index in [-0.39, 0.29) is 12.5 Å². The van der Waals surface area contributed by atoms with Gasteiger partial charge in [0.05, 0.1) is 20.3 Å². The molecule has 1 saturated carbocycles. The zero-order valence-corrected chi connectivity index (χ0v) is 18.1. The van der Waals surface area contributed by atoms with Crippen LogP contribution in [-0.4, -0.2) is 35.6 Å². The molecule has 0 amide bonds. The van der Waals surface area contributed by atoms with Crippen LogP contribution in [0.1, 0.15) is 42.7 Å². The highest BCUT2D eigenvalue weighted by molar-refractivity contribution is 7.46. The lowest BCUT2D eigenvalue weighted by atomic mass is 9.94. The number of phosphoric ester groups is 1. The van der Waals surface area contributed by atoms with E-state index in [4.69, 9.17) is 25.0 Å². The number of aryl methyl sites for hydroxylation is 1. The van der Waals surface area contributed by atoms with Crippen LogP contribution in [0.15, 0.2) is 48.5 Å². The molecule has 2 aromatic carbocycles. The Hall–Kier alpha value is -1.89. The number of hydrogen-bond donors (Lipinski definition) is 3. The van der Waals surface area contributed by atoms with E-state index in [9.17, 15) is 4.57 Å². The molecular formula is C22H30NO6P. The number of hydrogen-bond acceptors (Lipinski definition) is 5. The average Bonchev–Trinajstić information content (AvgIpc) is 3.13. The lowest BCUT2D eigenvalue weighted by Gasteiger charge is -2.24. The highest BCUT2D eigenvalue weighted by atomic mass is 31.2.